The summed E-state index contributed by atoms with van der Waals surface area (Å²) in [5, 5.41) is -0.542. The molecule has 0 aliphatic carbocycles. The Morgan fingerprint density at radius 2 is 1.82 bits per heavy atom. The fourth-order valence-electron chi connectivity index (χ4n) is 1.75. The summed E-state index contributed by atoms with van der Waals surface area (Å²) >= 11 is 0. The molecule has 0 saturated carbocycles. The van der Waals surface area contributed by atoms with E-state index in [0.717, 1.165) is 12.8 Å². The van der Waals surface area contributed by atoms with E-state index in [4.69, 9.17) is 10.5 Å². The smallest absolute Gasteiger partial charge is 0.218 e. The summed E-state index contributed by atoms with van der Waals surface area (Å²) in [5.74, 6) is 0. The van der Waals surface area contributed by atoms with Crippen molar-refractivity contribution in [1.82, 2.24) is 4.31 Å². The Bertz CT molecular complexity index is 289. The Hall–Kier alpha value is -0.170. The van der Waals surface area contributed by atoms with Crippen molar-refractivity contribution in [2.75, 3.05) is 26.8 Å². The Balaban J connectivity index is 5.02. The molecule has 17 heavy (non-hydrogen) atoms. The molecule has 0 amide bonds. The van der Waals surface area contributed by atoms with E-state index in [1.54, 1.807) is 18.3 Å². The second-order valence-corrected chi connectivity index (χ2v) is 6.47. The lowest BCUT2D eigenvalue weighted by molar-refractivity contribution is 0.163. The lowest BCUT2D eigenvalue weighted by atomic mass is 10.2. The lowest BCUT2D eigenvalue weighted by Gasteiger charge is -2.31. The van der Waals surface area contributed by atoms with Crippen LogP contribution in [0.3, 0.4) is 0 Å². The molecule has 0 bridgehead atoms. The third-order valence-electron chi connectivity index (χ3n) is 3.03. The van der Waals surface area contributed by atoms with Crippen molar-refractivity contribution >= 4 is 10.0 Å². The molecule has 0 radical (unpaired) electrons. The van der Waals surface area contributed by atoms with Gasteiger partial charge in [-0.25, -0.2) is 8.42 Å². The summed E-state index contributed by atoms with van der Waals surface area (Å²) in [5.41, 5.74) is 5.47. The van der Waals surface area contributed by atoms with Gasteiger partial charge in [0.15, 0.2) is 0 Å². The molecule has 0 rings (SSSR count). The second-order valence-electron chi connectivity index (χ2n) is 4.17. The summed E-state index contributed by atoms with van der Waals surface area (Å²) in [6.45, 7) is 6.60. The van der Waals surface area contributed by atoms with Crippen LogP contribution in [0.1, 0.15) is 33.6 Å². The van der Waals surface area contributed by atoms with Crippen LogP contribution >= 0.6 is 0 Å². The van der Waals surface area contributed by atoms with E-state index in [1.807, 2.05) is 13.8 Å². The number of nitrogens with two attached hydrogens (primary N) is 1. The van der Waals surface area contributed by atoms with Gasteiger partial charge in [-0.05, 0) is 19.8 Å². The minimum absolute atomic E-state index is 0.0316. The average Bonchev–Trinajstić information content (AvgIpc) is 2.33. The van der Waals surface area contributed by atoms with Crippen molar-refractivity contribution in [2.24, 2.45) is 5.73 Å². The zero-order chi connectivity index (χ0) is 13.5. The van der Waals surface area contributed by atoms with E-state index < -0.39 is 15.3 Å². The summed E-state index contributed by atoms with van der Waals surface area (Å²) < 4.78 is 31.2. The van der Waals surface area contributed by atoms with Crippen LogP contribution in [-0.4, -0.2) is 50.8 Å². The third-order valence-corrected chi connectivity index (χ3v) is 5.38. The Kier molecular flexibility index (Phi) is 7.94. The first-order valence-corrected chi connectivity index (χ1v) is 7.65. The van der Waals surface area contributed by atoms with Gasteiger partial charge in [0.2, 0.25) is 10.0 Å². The molecule has 0 spiro atoms. The van der Waals surface area contributed by atoms with E-state index in [-0.39, 0.29) is 12.6 Å². The van der Waals surface area contributed by atoms with Crippen molar-refractivity contribution in [3.8, 4) is 0 Å². The van der Waals surface area contributed by atoms with Gasteiger partial charge in [0.25, 0.3) is 0 Å². The fraction of sp³-hybridized carbons (Fsp3) is 1.00. The highest BCUT2D eigenvalue weighted by atomic mass is 32.2. The highest BCUT2D eigenvalue weighted by molar-refractivity contribution is 7.89. The molecule has 0 aromatic rings. The monoisotopic (exact) mass is 266 g/mol. The maximum Gasteiger partial charge on any atom is 0.218 e. The molecule has 2 N–H and O–H groups in total. The van der Waals surface area contributed by atoms with Gasteiger partial charge in [0, 0.05) is 26.2 Å². The molecule has 5 nitrogen and oxygen atoms in total. The standard InChI is InChI=1S/C11H26N2O3S/c1-5-11(6-2)13(7-8-16-4)17(14,15)10(3)9-12/h10-11H,5-9,12H2,1-4H3. The Labute approximate surface area is 105 Å². The van der Waals surface area contributed by atoms with Crippen molar-refractivity contribution in [1.29, 1.82) is 0 Å². The number of ether oxygens (including phenoxy) is 1. The number of nitrogens with zero attached hydrogens (tertiary/aromatic N) is 1. The van der Waals surface area contributed by atoms with Crippen LogP contribution in [0.15, 0.2) is 0 Å². The summed E-state index contributed by atoms with van der Waals surface area (Å²) in [6.07, 6.45) is 1.60. The van der Waals surface area contributed by atoms with Gasteiger partial charge in [0.1, 0.15) is 0 Å². The summed E-state index contributed by atoms with van der Waals surface area (Å²) in [4.78, 5) is 0. The maximum absolute atomic E-state index is 12.3. The summed E-state index contributed by atoms with van der Waals surface area (Å²) in [7, 11) is -1.75. The third kappa shape index (κ3) is 4.54. The van der Waals surface area contributed by atoms with E-state index in [1.165, 1.54) is 0 Å². The van der Waals surface area contributed by atoms with Crippen LogP contribution in [0.25, 0.3) is 0 Å². The van der Waals surface area contributed by atoms with E-state index in [2.05, 4.69) is 0 Å². The molecule has 0 aromatic carbocycles. The maximum atomic E-state index is 12.3. The van der Waals surface area contributed by atoms with Crippen LogP contribution in [0.5, 0.6) is 0 Å². The number of sulfonamides is 1. The number of hydrogen-bond acceptors (Lipinski definition) is 4. The van der Waals surface area contributed by atoms with E-state index in [0.29, 0.717) is 13.2 Å². The molecule has 1 unspecified atom stereocenters. The normalized spacial score (nSPS) is 14.5. The quantitative estimate of drug-likeness (QED) is 0.670. The molecule has 0 heterocycles. The molecule has 0 aliphatic heterocycles. The molecule has 0 fully saturated rings. The van der Waals surface area contributed by atoms with Crippen LogP contribution in [0, 0.1) is 0 Å². The summed E-state index contributed by atoms with van der Waals surface area (Å²) in [6, 6.07) is 0.0316. The zero-order valence-corrected chi connectivity index (χ0v) is 12.2. The predicted octanol–water partition coefficient (Wildman–Crippen LogP) is 0.800. The number of hydrogen-bond donors (Lipinski definition) is 1. The Morgan fingerprint density at radius 3 is 2.18 bits per heavy atom. The van der Waals surface area contributed by atoms with Gasteiger partial charge >= 0.3 is 0 Å². The molecule has 0 saturated heterocycles. The predicted molar refractivity (Wildman–Crippen MR) is 70.4 cm³/mol. The van der Waals surface area contributed by atoms with Crippen molar-refractivity contribution in [3.05, 3.63) is 0 Å². The van der Waals surface area contributed by atoms with Gasteiger partial charge in [-0.1, -0.05) is 13.8 Å². The second kappa shape index (κ2) is 8.02. The average molecular weight is 266 g/mol. The van der Waals surface area contributed by atoms with Gasteiger partial charge in [-0.2, -0.15) is 4.31 Å². The van der Waals surface area contributed by atoms with Gasteiger partial charge < -0.3 is 10.5 Å². The fourth-order valence-corrected chi connectivity index (χ4v) is 3.50. The Morgan fingerprint density at radius 1 is 1.29 bits per heavy atom. The minimum Gasteiger partial charge on any atom is -0.383 e. The zero-order valence-electron chi connectivity index (χ0n) is 11.3. The first kappa shape index (κ1) is 16.8. The highest BCUT2D eigenvalue weighted by Crippen LogP contribution is 2.17. The van der Waals surface area contributed by atoms with Gasteiger partial charge in [-0.15, -0.1) is 0 Å². The van der Waals surface area contributed by atoms with E-state index >= 15 is 0 Å². The minimum atomic E-state index is -3.32. The van der Waals surface area contributed by atoms with Crippen LogP contribution < -0.4 is 5.73 Å². The molecular formula is C11H26N2O3S. The van der Waals surface area contributed by atoms with Crippen LogP contribution in [0.4, 0.5) is 0 Å². The molecule has 0 aliphatic rings. The SMILES string of the molecule is CCC(CC)N(CCOC)S(=O)(=O)C(C)CN. The van der Waals surface area contributed by atoms with Crippen molar-refractivity contribution < 1.29 is 13.2 Å². The molecule has 0 aromatic heterocycles. The largest absolute Gasteiger partial charge is 0.383 e. The molecular weight excluding hydrogens is 240 g/mol. The van der Waals surface area contributed by atoms with Crippen LogP contribution in [-0.2, 0) is 14.8 Å². The van der Waals surface area contributed by atoms with Crippen molar-refractivity contribution in [3.63, 3.8) is 0 Å². The first-order chi connectivity index (χ1) is 7.95. The van der Waals surface area contributed by atoms with Crippen LogP contribution in [0.2, 0.25) is 0 Å². The van der Waals surface area contributed by atoms with Gasteiger partial charge in [-0.3, -0.25) is 0 Å². The number of rotatable bonds is 9. The van der Waals surface area contributed by atoms with Crippen molar-refractivity contribution in [2.45, 2.75) is 44.9 Å². The lowest BCUT2D eigenvalue weighted by Crippen LogP contribution is -2.47. The van der Waals surface area contributed by atoms with E-state index in [9.17, 15) is 8.42 Å². The first-order valence-electron chi connectivity index (χ1n) is 6.15. The molecule has 6 heteroatoms. The highest BCUT2D eigenvalue weighted by Gasteiger charge is 2.31. The van der Waals surface area contributed by atoms with Gasteiger partial charge in [0.05, 0.1) is 11.9 Å². The number of methoxy groups -OCH3 is 1. The topological polar surface area (TPSA) is 72.6 Å². The molecule has 104 valence electrons. The molecule has 1 atom stereocenters.